The zero-order valence-corrected chi connectivity index (χ0v) is 12.4. The number of rotatable bonds is 7. The third kappa shape index (κ3) is 5.12. The predicted octanol–water partition coefficient (Wildman–Crippen LogP) is 2.02. The second-order valence-corrected chi connectivity index (χ2v) is 5.28. The molecule has 0 aromatic heterocycles. The van der Waals surface area contributed by atoms with Gasteiger partial charge in [-0.1, -0.05) is 0 Å². The molecular formula is C14H21NO3S. The molecule has 0 aliphatic carbocycles. The third-order valence-corrected chi connectivity index (χ3v) is 3.81. The molecule has 0 aliphatic heterocycles. The highest BCUT2D eigenvalue weighted by molar-refractivity contribution is 8.00. The molecule has 0 radical (unpaired) electrons. The number of carbonyl (C=O) groups is 1. The first-order valence-electron chi connectivity index (χ1n) is 6.30. The van der Waals surface area contributed by atoms with Crippen LogP contribution < -0.4 is 4.74 Å². The summed E-state index contributed by atoms with van der Waals surface area (Å²) in [6.07, 6.45) is 0. The van der Waals surface area contributed by atoms with Crippen LogP contribution in [0.3, 0.4) is 0 Å². The molecule has 5 heteroatoms. The Balaban J connectivity index is 2.45. The number of aliphatic hydroxyl groups is 1. The average molecular weight is 283 g/mol. The zero-order chi connectivity index (χ0) is 14.3. The molecule has 0 saturated heterocycles. The lowest BCUT2D eigenvalue weighted by Crippen LogP contribution is -2.38. The van der Waals surface area contributed by atoms with Gasteiger partial charge in [-0.3, -0.25) is 4.79 Å². The van der Waals surface area contributed by atoms with Gasteiger partial charge in [0, 0.05) is 11.9 Å². The number of hydrogen-bond donors (Lipinski definition) is 1. The van der Waals surface area contributed by atoms with E-state index in [1.165, 1.54) is 11.8 Å². The molecule has 1 aromatic rings. The van der Waals surface area contributed by atoms with Crippen molar-refractivity contribution in [2.24, 2.45) is 0 Å². The molecule has 0 spiro atoms. The van der Waals surface area contributed by atoms with Crippen LogP contribution in [0.5, 0.6) is 5.75 Å². The van der Waals surface area contributed by atoms with Gasteiger partial charge in [-0.25, -0.2) is 0 Å². The van der Waals surface area contributed by atoms with Gasteiger partial charge < -0.3 is 14.7 Å². The Hall–Kier alpha value is -1.20. The van der Waals surface area contributed by atoms with Crippen molar-refractivity contribution in [3.8, 4) is 5.75 Å². The maximum absolute atomic E-state index is 11.9. The van der Waals surface area contributed by atoms with Crippen LogP contribution in [0.15, 0.2) is 29.2 Å². The fourth-order valence-corrected chi connectivity index (χ4v) is 2.24. The fourth-order valence-electron chi connectivity index (χ4n) is 1.41. The van der Waals surface area contributed by atoms with Crippen molar-refractivity contribution in [3.05, 3.63) is 24.3 Å². The van der Waals surface area contributed by atoms with E-state index < -0.39 is 0 Å². The number of nitrogens with zero attached hydrogens (tertiary/aromatic N) is 1. The summed E-state index contributed by atoms with van der Waals surface area (Å²) in [7, 11) is 1.71. The molecule has 1 N–H and O–H groups in total. The van der Waals surface area contributed by atoms with E-state index in [9.17, 15) is 4.79 Å². The van der Waals surface area contributed by atoms with Gasteiger partial charge >= 0.3 is 0 Å². The van der Waals surface area contributed by atoms with Crippen LogP contribution in [0.4, 0.5) is 0 Å². The highest BCUT2D eigenvalue weighted by atomic mass is 32.2. The molecule has 0 bridgehead atoms. The maximum Gasteiger partial charge on any atom is 0.232 e. The fraction of sp³-hybridized carbons (Fsp3) is 0.500. The second-order valence-electron chi connectivity index (χ2n) is 4.23. The standard InChI is InChI=1S/C14H21NO3S/c1-4-18-12-5-7-13(8-6-12)19-10-14(17)15(3)11(2)9-16/h5-8,11,16H,4,9-10H2,1-3H3. The number of amides is 1. The van der Waals surface area contributed by atoms with Crippen molar-refractivity contribution >= 4 is 17.7 Å². The van der Waals surface area contributed by atoms with Crippen LogP contribution in [0.1, 0.15) is 13.8 Å². The molecule has 1 atom stereocenters. The molecule has 19 heavy (non-hydrogen) atoms. The molecule has 1 aromatic carbocycles. The number of carbonyl (C=O) groups excluding carboxylic acids is 1. The minimum atomic E-state index is -0.145. The molecular weight excluding hydrogens is 262 g/mol. The quantitative estimate of drug-likeness (QED) is 0.778. The lowest BCUT2D eigenvalue weighted by molar-refractivity contribution is -0.129. The first-order valence-corrected chi connectivity index (χ1v) is 7.29. The summed E-state index contributed by atoms with van der Waals surface area (Å²) >= 11 is 1.48. The van der Waals surface area contributed by atoms with Crippen molar-refractivity contribution in [2.45, 2.75) is 24.8 Å². The minimum absolute atomic E-state index is 0.0143. The van der Waals surface area contributed by atoms with Gasteiger partial charge in [0.15, 0.2) is 0 Å². The van der Waals surface area contributed by atoms with E-state index in [-0.39, 0.29) is 18.6 Å². The minimum Gasteiger partial charge on any atom is -0.494 e. The molecule has 4 nitrogen and oxygen atoms in total. The molecule has 0 saturated carbocycles. The monoisotopic (exact) mass is 283 g/mol. The van der Waals surface area contributed by atoms with Gasteiger partial charge in [-0.15, -0.1) is 11.8 Å². The zero-order valence-electron chi connectivity index (χ0n) is 11.6. The Morgan fingerprint density at radius 1 is 1.42 bits per heavy atom. The molecule has 0 aliphatic rings. The van der Waals surface area contributed by atoms with E-state index in [1.807, 2.05) is 38.1 Å². The molecule has 0 heterocycles. The Kier molecular flexibility index (Phi) is 6.73. The van der Waals surface area contributed by atoms with Gasteiger partial charge in [0.05, 0.1) is 25.0 Å². The summed E-state index contributed by atoms with van der Waals surface area (Å²) in [6, 6.07) is 7.54. The lowest BCUT2D eigenvalue weighted by Gasteiger charge is -2.22. The molecule has 1 rings (SSSR count). The number of aliphatic hydroxyl groups excluding tert-OH is 1. The van der Waals surface area contributed by atoms with Crippen molar-refractivity contribution in [3.63, 3.8) is 0 Å². The molecule has 0 fully saturated rings. The first-order chi connectivity index (χ1) is 9.08. The highest BCUT2D eigenvalue weighted by Gasteiger charge is 2.14. The molecule has 1 unspecified atom stereocenters. The van der Waals surface area contributed by atoms with E-state index in [1.54, 1.807) is 11.9 Å². The number of hydrogen-bond acceptors (Lipinski definition) is 4. The highest BCUT2D eigenvalue weighted by Crippen LogP contribution is 2.21. The van der Waals surface area contributed by atoms with Crippen molar-refractivity contribution < 1.29 is 14.6 Å². The van der Waals surface area contributed by atoms with Gasteiger partial charge in [-0.2, -0.15) is 0 Å². The van der Waals surface area contributed by atoms with Gasteiger partial charge in [0.2, 0.25) is 5.91 Å². The van der Waals surface area contributed by atoms with Crippen molar-refractivity contribution in [2.75, 3.05) is 26.0 Å². The van der Waals surface area contributed by atoms with E-state index in [4.69, 9.17) is 9.84 Å². The maximum atomic E-state index is 11.9. The third-order valence-electron chi connectivity index (χ3n) is 2.82. The number of benzene rings is 1. The smallest absolute Gasteiger partial charge is 0.232 e. The number of thioether (sulfide) groups is 1. The Morgan fingerprint density at radius 2 is 2.05 bits per heavy atom. The Labute approximate surface area is 118 Å². The predicted molar refractivity (Wildman–Crippen MR) is 77.7 cm³/mol. The van der Waals surface area contributed by atoms with Crippen LogP contribution in [-0.4, -0.2) is 48.0 Å². The Morgan fingerprint density at radius 3 is 2.58 bits per heavy atom. The summed E-state index contributed by atoms with van der Waals surface area (Å²) < 4.78 is 5.36. The van der Waals surface area contributed by atoms with E-state index in [0.29, 0.717) is 12.4 Å². The second kappa shape index (κ2) is 8.07. The van der Waals surface area contributed by atoms with Crippen molar-refractivity contribution in [1.29, 1.82) is 0 Å². The largest absolute Gasteiger partial charge is 0.494 e. The van der Waals surface area contributed by atoms with E-state index in [2.05, 4.69) is 0 Å². The van der Waals surface area contributed by atoms with E-state index >= 15 is 0 Å². The topological polar surface area (TPSA) is 49.8 Å². The number of likely N-dealkylation sites (N-methyl/N-ethyl adjacent to an activating group) is 1. The summed E-state index contributed by atoms with van der Waals surface area (Å²) in [6.45, 7) is 4.39. The van der Waals surface area contributed by atoms with Gasteiger partial charge in [0.25, 0.3) is 0 Å². The van der Waals surface area contributed by atoms with Gasteiger partial charge in [0.1, 0.15) is 5.75 Å². The van der Waals surface area contributed by atoms with Crippen LogP contribution in [0, 0.1) is 0 Å². The molecule has 1 amide bonds. The summed E-state index contributed by atoms with van der Waals surface area (Å²) in [5.41, 5.74) is 0. The van der Waals surface area contributed by atoms with Crippen LogP contribution in [-0.2, 0) is 4.79 Å². The average Bonchev–Trinajstić information content (AvgIpc) is 2.44. The normalized spacial score (nSPS) is 12.0. The lowest BCUT2D eigenvalue weighted by atomic mass is 10.3. The van der Waals surface area contributed by atoms with E-state index in [0.717, 1.165) is 10.6 Å². The molecule has 106 valence electrons. The van der Waals surface area contributed by atoms with Crippen LogP contribution in [0.2, 0.25) is 0 Å². The first kappa shape index (κ1) is 15.9. The number of ether oxygens (including phenoxy) is 1. The summed E-state index contributed by atoms with van der Waals surface area (Å²) in [4.78, 5) is 14.5. The Bertz CT molecular complexity index is 394. The SMILES string of the molecule is CCOc1ccc(SCC(=O)N(C)C(C)CO)cc1. The van der Waals surface area contributed by atoms with Crippen molar-refractivity contribution in [1.82, 2.24) is 4.90 Å². The van der Waals surface area contributed by atoms with Crippen LogP contribution >= 0.6 is 11.8 Å². The van der Waals surface area contributed by atoms with Gasteiger partial charge in [-0.05, 0) is 38.1 Å². The van der Waals surface area contributed by atoms with Crippen LogP contribution in [0.25, 0.3) is 0 Å². The summed E-state index contributed by atoms with van der Waals surface area (Å²) in [5.74, 6) is 1.22. The summed E-state index contributed by atoms with van der Waals surface area (Å²) in [5, 5.41) is 9.01.